The predicted octanol–water partition coefficient (Wildman–Crippen LogP) is 3.77. The summed E-state index contributed by atoms with van der Waals surface area (Å²) < 4.78 is 0. The first kappa shape index (κ1) is 12.2. The van der Waals surface area contributed by atoms with E-state index in [0.29, 0.717) is 12.0 Å². The molecule has 2 nitrogen and oxygen atoms in total. The van der Waals surface area contributed by atoms with Crippen molar-refractivity contribution in [2.75, 3.05) is 6.54 Å². The van der Waals surface area contributed by atoms with Crippen LogP contribution in [-0.2, 0) is 11.2 Å². The number of thiophene rings is 1. The Kier molecular flexibility index (Phi) is 3.42. The lowest BCUT2D eigenvalue weighted by Crippen LogP contribution is -2.42. The van der Waals surface area contributed by atoms with Crippen LogP contribution in [0, 0.1) is 5.92 Å². The van der Waals surface area contributed by atoms with Gasteiger partial charge < -0.3 is 4.90 Å². The molecule has 1 atom stereocenters. The lowest BCUT2D eigenvalue weighted by molar-refractivity contribution is -0.133. The minimum Gasteiger partial charge on any atom is -0.335 e. The van der Waals surface area contributed by atoms with Gasteiger partial charge in [-0.05, 0) is 42.2 Å². The van der Waals surface area contributed by atoms with E-state index in [1.54, 1.807) is 6.92 Å². The number of carbonyl (C=O) groups excluding carboxylic acids is 1. The largest absolute Gasteiger partial charge is 0.335 e. The van der Waals surface area contributed by atoms with E-state index < -0.39 is 0 Å². The van der Waals surface area contributed by atoms with Gasteiger partial charge >= 0.3 is 0 Å². The van der Waals surface area contributed by atoms with Crippen LogP contribution < -0.4 is 0 Å². The zero-order chi connectivity index (χ0) is 12.5. The Bertz CT molecular complexity index is 433. The molecule has 1 fully saturated rings. The van der Waals surface area contributed by atoms with Gasteiger partial charge in [0.25, 0.3) is 0 Å². The highest BCUT2D eigenvalue weighted by Gasteiger charge is 2.35. The smallest absolute Gasteiger partial charge is 0.219 e. The summed E-state index contributed by atoms with van der Waals surface area (Å²) in [5, 5.41) is 2.20. The molecule has 0 saturated heterocycles. The molecule has 0 bridgehead atoms. The van der Waals surface area contributed by atoms with Gasteiger partial charge in [-0.25, -0.2) is 0 Å². The molecular formula is C15H21NOS. The Morgan fingerprint density at radius 3 is 2.83 bits per heavy atom. The van der Waals surface area contributed by atoms with Gasteiger partial charge in [0.15, 0.2) is 0 Å². The Balaban J connectivity index is 1.93. The molecule has 1 aliphatic carbocycles. The van der Waals surface area contributed by atoms with Crippen molar-refractivity contribution in [3.8, 4) is 0 Å². The number of amides is 1. The average molecular weight is 263 g/mol. The highest BCUT2D eigenvalue weighted by atomic mass is 32.1. The van der Waals surface area contributed by atoms with Crippen molar-refractivity contribution in [3.63, 3.8) is 0 Å². The summed E-state index contributed by atoms with van der Waals surface area (Å²) in [5.74, 6) is 0.943. The second-order valence-electron chi connectivity index (χ2n) is 5.60. The van der Waals surface area contributed by atoms with Crippen molar-refractivity contribution in [2.45, 2.75) is 51.5 Å². The minimum absolute atomic E-state index is 0.252. The summed E-state index contributed by atoms with van der Waals surface area (Å²) in [6.07, 6.45) is 7.70. The van der Waals surface area contributed by atoms with Gasteiger partial charge in [0.2, 0.25) is 5.91 Å². The van der Waals surface area contributed by atoms with Crippen LogP contribution in [0.4, 0.5) is 0 Å². The quantitative estimate of drug-likeness (QED) is 0.755. The Morgan fingerprint density at radius 2 is 2.11 bits per heavy atom. The second-order valence-corrected chi connectivity index (χ2v) is 6.61. The van der Waals surface area contributed by atoms with Gasteiger partial charge in [-0.1, -0.05) is 19.3 Å². The van der Waals surface area contributed by atoms with E-state index in [1.165, 1.54) is 42.5 Å². The van der Waals surface area contributed by atoms with Crippen LogP contribution in [-0.4, -0.2) is 17.4 Å². The third-order valence-corrected chi connectivity index (χ3v) is 5.51. The zero-order valence-corrected chi connectivity index (χ0v) is 11.8. The molecule has 2 heterocycles. The first-order valence-electron chi connectivity index (χ1n) is 7.11. The molecule has 3 heteroatoms. The molecule has 98 valence electrons. The number of fused-ring (bicyclic) bond motifs is 1. The number of rotatable bonds is 1. The highest BCUT2D eigenvalue weighted by molar-refractivity contribution is 7.10. The van der Waals surface area contributed by atoms with Gasteiger partial charge in [0.05, 0.1) is 6.04 Å². The Hall–Kier alpha value is -0.830. The molecule has 2 aliphatic rings. The number of hydrogen-bond donors (Lipinski definition) is 0. The van der Waals surface area contributed by atoms with Crippen LogP contribution in [0.3, 0.4) is 0 Å². The van der Waals surface area contributed by atoms with Crippen LogP contribution in [0.2, 0.25) is 0 Å². The maximum Gasteiger partial charge on any atom is 0.219 e. The van der Waals surface area contributed by atoms with Crippen LogP contribution in [0.25, 0.3) is 0 Å². The summed E-state index contributed by atoms with van der Waals surface area (Å²) in [6, 6.07) is 2.63. The van der Waals surface area contributed by atoms with Gasteiger partial charge in [0.1, 0.15) is 0 Å². The average Bonchev–Trinajstić information content (AvgIpc) is 2.86. The van der Waals surface area contributed by atoms with Crippen molar-refractivity contribution in [1.82, 2.24) is 4.90 Å². The van der Waals surface area contributed by atoms with E-state index in [4.69, 9.17) is 0 Å². The summed E-state index contributed by atoms with van der Waals surface area (Å²) >= 11 is 1.87. The van der Waals surface area contributed by atoms with Crippen molar-refractivity contribution >= 4 is 17.2 Å². The monoisotopic (exact) mass is 263 g/mol. The van der Waals surface area contributed by atoms with Crippen molar-refractivity contribution < 1.29 is 4.79 Å². The fraction of sp³-hybridized carbons (Fsp3) is 0.667. The number of nitrogens with zero attached hydrogens (tertiary/aromatic N) is 1. The second kappa shape index (κ2) is 5.04. The summed E-state index contributed by atoms with van der Waals surface area (Å²) in [4.78, 5) is 15.6. The Morgan fingerprint density at radius 1 is 1.33 bits per heavy atom. The summed E-state index contributed by atoms with van der Waals surface area (Å²) in [5.41, 5.74) is 1.45. The molecule has 18 heavy (non-hydrogen) atoms. The standard InChI is InChI=1S/C15H21NOS/c1-11(17)16-9-7-14-13(8-10-18-14)15(16)12-5-3-2-4-6-12/h8,10,12,15H,2-7,9H2,1H3. The molecule has 1 saturated carbocycles. The van der Waals surface area contributed by atoms with E-state index in [0.717, 1.165) is 13.0 Å². The topological polar surface area (TPSA) is 20.3 Å². The van der Waals surface area contributed by atoms with Gasteiger partial charge in [-0.2, -0.15) is 0 Å². The fourth-order valence-corrected chi connectivity index (χ4v) is 4.57. The van der Waals surface area contributed by atoms with E-state index in [9.17, 15) is 4.79 Å². The van der Waals surface area contributed by atoms with E-state index in [2.05, 4.69) is 16.3 Å². The van der Waals surface area contributed by atoms with Crippen LogP contribution in [0.1, 0.15) is 55.5 Å². The first-order valence-corrected chi connectivity index (χ1v) is 7.99. The zero-order valence-electron chi connectivity index (χ0n) is 11.0. The third kappa shape index (κ3) is 2.09. The maximum absolute atomic E-state index is 11.9. The molecule has 1 aromatic heterocycles. The lowest BCUT2D eigenvalue weighted by atomic mass is 9.79. The van der Waals surface area contributed by atoms with Crippen LogP contribution in [0.5, 0.6) is 0 Å². The van der Waals surface area contributed by atoms with E-state index in [-0.39, 0.29) is 5.91 Å². The Labute approximate surface area is 113 Å². The van der Waals surface area contributed by atoms with Gasteiger partial charge in [-0.3, -0.25) is 4.79 Å². The fourth-order valence-electron chi connectivity index (χ4n) is 3.66. The van der Waals surface area contributed by atoms with Crippen molar-refractivity contribution in [2.24, 2.45) is 5.92 Å². The SMILES string of the molecule is CC(=O)N1CCc2sccc2C1C1CCCCC1. The maximum atomic E-state index is 11.9. The highest BCUT2D eigenvalue weighted by Crippen LogP contribution is 2.43. The first-order chi connectivity index (χ1) is 8.77. The molecule has 3 rings (SSSR count). The summed E-state index contributed by atoms with van der Waals surface area (Å²) in [7, 11) is 0. The minimum atomic E-state index is 0.252. The number of carbonyl (C=O) groups is 1. The third-order valence-electron chi connectivity index (χ3n) is 4.51. The van der Waals surface area contributed by atoms with E-state index >= 15 is 0 Å². The van der Waals surface area contributed by atoms with Gasteiger partial charge in [0, 0.05) is 18.3 Å². The van der Waals surface area contributed by atoms with E-state index in [1.807, 2.05) is 11.3 Å². The van der Waals surface area contributed by atoms with Crippen LogP contribution >= 0.6 is 11.3 Å². The molecule has 1 aromatic rings. The lowest BCUT2D eigenvalue weighted by Gasteiger charge is -2.41. The normalized spacial score (nSPS) is 24.9. The molecule has 0 aromatic carbocycles. The molecule has 1 unspecified atom stereocenters. The molecule has 0 radical (unpaired) electrons. The number of hydrogen-bond acceptors (Lipinski definition) is 2. The molecule has 1 aliphatic heterocycles. The summed E-state index contributed by atoms with van der Waals surface area (Å²) in [6.45, 7) is 2.65. The van der Waals surface area contributed by atoms with Crippen molar-refractivity contribution in [3.05, 3.63) is 21.9 Å². The molecule has 0 N–H and O–H groups in total. The van der Waals surface area contributed by atoms with Gasteiger partial charge in [-0.15, -0.1) is 11.3 Å². The molecular weight excluding hydrogens is 242 g/mol. The molecule has 0 spiro atoms. The van der Waals surface area contributed by atoms with Crippen LogP contribution in [0.15, 0.2) is 11.4 Å². The predicted molar refractivity (Wildman–Crippen MR) is 74.7 cm³/mol. The molecule has 1 amide bonds. The van der Waals surface area contributed by atoms with Crippen molar-refractivity contribution in [1.29, 1.82) is 0 Å².